The van der Waals surface area contributed by atoms with Gasteiger partial charge in [-0.15, -0.1) is 0 Å². The van der Waals surface area contributed by atoms with Gasteiger partial charge < -0.3 is 4.74 Å². The summed E-state index contributed by atoms with van der Waals surface area (Å²) in [4.78, 5) is 15.8. The number of rotatable bonds is 2. The molecule has 2 bridgehead atoms. The monoisotopic (exact) mass is 369 g/mol. The lowest BCUT2D eigenvalue weighted by Crippen LogP contribution is -2.61. The van der Waals surface area contributed by atoms with Crippen molar-refractivity contribution >= 4 is 23.4 Å². The number of ether oxygens (including phenoxy) is 1. The lowest BCUT2D eigenvalue weighted by Gasteiger charge is -2.50. The molecule has 26 heavy (non-hydrogen) atoms. The number of piperidine rings is 3. The first-order valence-electron chi connectivity index (χ1n) is 9.01. The van der Waals surface area contributed by atoms with Crippen LogP contribution in [0.25, 0.3) is 11.3 Å². The molecule has 0 radical (unpaired) electrons. The number of aromatic nitrogens is 2. The van der Waals surface area contributed by atoms with Gasteiger partial charge in [0.1, 0.15) is 17.7 Å². The molecule has 3 saturated heterocycles. The van der Waals surface area contributed by atoms with Crippen molar-refractivity contribution in [2.75, 3.05) is 31.5 Å². The Hall–Kier alpha value is -2.18. The number of aliphatic imine (C=N–C) groups is 1. The molecule has 1 aromatic carbocycles. The minimum absolute atomic E-state index is 0.148. The van der Waals surface area contributed by atoms with Crippen LogP contribution in [0.4, 0.5) is 5.82 Å². The van der Waals surface area contributed by atoms with Gasteiger partial charge in [-0.05, 0) is 38.1 Å². The molecule has 134 valence electrons. The molecular formula is C19H20ClN5O. The van der Waals surface area contributed by atoms with E-state index in [-0.39, 0.29) is 5.60 Å². The van der Waals surface area contributed by atoms with Crippen molar-refractivity contribution in [3.05, 3.63) is 41.7 Å². The van der Waals surface area contributed by atoms with E-state index < -0.39 is 0 Å². The first kappa shape index (κ1) is 16.0. The topological polar surface area (TPSA) is 62.6 Å². The molecule has 0 saturated carbocycles. The number of hydrogen-bond donors (Lipinski definition) is 1. The van der Waals surface area contributed by atoms with Crippen LogP contribution >= 0.6 is 11.6 Å². The van der Waals surface area contributed by atoms with Crippen molar-refractivity contribution < 1.29 is 4.74 Å². The van der Waals surface area contributed by atoms with Crippen LogP contribution in [-0.4, -0.2) is 52.7 Å². The fourth-order valence-electron chi connectivity index (χ4n) is 4.26. The number of fused-ring (bicyclic) bond motifs is 2. The van der Waals surface area contributed by atoms with Crippen molar-refractivity contribution in [2.24, 2.45) is 10.9 Å². The predicted octanol–water partition coefficient (Wildman–Crippen LogP) is 3.06. The highest BCUT2D eigenvalue weighted by Gasteiger charge is 2.51. The molecule has 0 aliphatic carbocycles. The number of amidine groups is 1. The van der Waals surface area contributed by atoms with Crippen molar-refractivity contribution in [3.8, 4) is 11.3 Å². The Bertz CT molecular complexity index is 847. The standard InChI is InChI=1S/C19H20ClN5O/c20-15-3-1-13(2-4-15)16-9-17(23-12-22-16)24-18-21-10-19(26-18)11-25-7-5-14(19)6-8-25/h1-4,9,12,14H,5-8,10-11H2,(H,21,22,23,24). The van der Waals surface area contributed by atoms with E-state index in [0.717, 1.165) is 24.3 Å². The van der Waals surface area contributed by atoms with Crippen LogP contribution in [0.15, 0.2) is 41.7 Å². The van der Waals surface area contributed by atoms with Crippen molar-refractivity contribution in [3.63, 3.8) is 0 Å². The molecule has 2 aromatic rings. The molecule has 1 unspecified atom stereocenters. The van der Waals surface area contributed by atoms with E-state index >= 15 is 0 Å². The number of nitrogens with one attached hydrogen (secondary N) is 1. The van der Waals surface area contributed by atoms with Gasteiger partial charge in [0.2, 0.25) is 0 Å². The minimum atomic E-state index is -0.148. The van der Waals surface area contributed by atoms with Crippen LogP contribution in [-0.2, 0) is 4.74 Å². The largest absolute Gasteiger partial charge is 0.455 e. The normalized spacial score (nSPS) is 29.5. The third kappa shape index (κ3) is 2.83. The molecule has 4 aliphatic rings. The molecule has 1 spiro atoms. The second kappa shape index (κ2) is 6.21. The Labute approximate surface area is 157 Å². The van der Waals surface area contributed by atoms with Gasteiger partial charge in [0, 0.05) is 29.1 Å². The first-order chi connectivity index (χ1) is 12.7. The summed E-state index contributed by atoms with van der Waals surface area (Å²) in [5.41, 5.74) is 1.67. The maximum Gasteiger partial charge on any atom is 0.291 e. The van der Waals surface area contributed by atoms with Crippen LogP contribution < -0.4 is 5.32 Å². The van der Waals surface area contributed by atoms with Gasteiger partial charge in [-0.25, -0.2) is 15.0 Å². The zero-order chi connectivity index (χ0) is 17.6. The second-order valence-corrected chi connectivity index (χ2v) is 7.70. The van der Waals surface area contributed by atoms with Gasteiger partial charge in [0.05, 0.1) is 12.2 Å². The number of benzene rings is 1. The summed E-state index contributed by atoms with van der Waals surface area (Å²) in [6.45, 7) is 4.08. The maximum atomic E-state index is 6.31. The third-order valence-electron chi connectivity index (χ3n) is 5.66. The summed E-state index contributed by atoms with van der Waals surface area (Å²) >= 11 is 5.96. The van der Waals surface area contributed by atoms with Crippen LogP contribution in [0.5, 0.6) is 0 Å². The molecule has 1 N–H and O–H groups in total. The minimum Gasteiger partial charge on any atom is -0.455 e. The Kier molecular flexibility index (Phi) is 3.83. The molecular weight excluding hydrogens is 350 g/mol. The summed E-state index contributed by atoms with van der Waals surface area (Å²) in [5, 5.41) is 3.93. The van der Waals surface area contributed by atoms with Crippen LogP contribution in [0.2, 0.25) is 5.02 Å². The summed E-state index contributed by atoms with van der Waals surface area (Å²) < 4.78 is 6.31. The fraction of sp³-hybridized carbons (Fsp3) is 0.421. The SMILES string of the molecule is Clc1ccc(-c2cc(NC3=NCC4(CN5CCC4CC5)O3)ncn2)cc1. The van der Waals surface area contributed by atoms with Crippen molar-refractivity contribution in [1.82, 2.24) is 14.9 Å². The van der Waals surface area contributed by atoms with E-state index in [1.165, 1.54) is 25.9 Å². The Balaban J connectivity index is 1.31. The number of halogens is 1. The zero-order valence-electron chi connectivity index (χ0n) is 14.4. The summed E-state index contributed by atoms with van der Waals surface area (Å²) in [6.07, 6.45) is 3.96. The van der Waals surface area contributed by atoms with E-state index in [0.29, 0.717) is 22.8 Å². The Morgan fingerprint density at radius 1 is 1.15 bits per heavy atom. The number of anilines is 1. The fourth-order valence-corrected chi connectivity index (χ4v) is 4.39. The molecule has 6 nitrogen and oxygen atoms in total. The third-order valence-corrected chi connectivity index (χ3v) is 5.91. The molecule has 5 heterocycles. The smallest absolute Gasteiger partial charge is 0.291 e. The molecule has 6 rings (SSSR count). The maximum absolute atomic E-state index is 6.31. The van der Waals surface area contributed by atoms with Gasteiger partial charge in [-0.1, -0.05) is 23.7 Å². The van der Waals surface area contributed by atoms with Crippen LogP contribution in [0.1, 0.15) is 12.8 Å². The quantitative estimate of drug-likeness (QED) is 0.881. The summed E-state index contributed by atoms with van der Waals surface area (Å²) in [7, 11) is 0. The van der Waals surface area contributed by atoms with E-state index in [9.17, 15) is 0 Å². The molecule has 0 amide bonds. The molecule has 3 fully saturated rings. The van der Waals surface area contributed by atoms with E-state index in [1.807, 2.05) is 30.3 Å². The lowest BCUT2D eigenvalue weighted by molar-refractivity contribution is -0.0829. The molecule has 4 aliphatic heterocycles. The highest BCUT2D eigenvalue weighted by Crippen LogP contribution is 2.40. The average Bonchev–Trinajstić information content (AvgIpc) is 3.05. The van der Waals surface area contributed by atoms with Crippen LogP contribution in [0, 0.1) is 5.92 Å². The first-order valence-corrected chi connectivity index (χ1v) is 9.39. The van der Waals surface area contributed by atoms with Gasteiger partial charge in [-0.3, -0.25) is 10.2 Å². The lowest BCUT2D eigenvalue weighted by atomic mass is 9.75. The van der Waals surface area contributed by atoms with Gasteiger partial charge in [0.25, 0.3) is 6.02 Å². The van der Waals surface area contributed by atoms with Crippen LogP contribution in [0.3, 0.4) is 0 Å². The molecule has 7 heteroatoms. The van der Waals surface area contributed by atoms with E-state index in [2.05, 4.69) is 25.2 Å². The second-order valence-electron chi connectivity index (χ2n) is 7.26. The Morgan fingerprint density at radius 3 is 2.69 bits per heavy atom. The zero-order valence-corrected chi connectivity index (χ0v) is 15.1. The highest BCUT2D eigenvalue weighted by atomic mass is 35.5. The summed E-state index contributed by atoms with van der Waals surface area (Å²) in [5.74, 6) is 1.28. The molecule has 1 aromatic heterocycles. The van der Waals surface area contributed by atoms with Crippen molar-refractivity contribution in [2.45, 2.75) is 18.4 Å². The number of hydrogen-bond acceptors (Lipinski definition) is 6. The van der Waals surface area contributed by atoms with Gasteiger partial charge in [-0.2, -0.15) is 0 Å². The van der Waals surface area contributed by atoms with Crippen molar-refractivity contribution in [1.29, 1.82) is 0 Å². The molecule has 1 atom stereocenters. The highest BCUT2D eigenvalue weighted by molar-refractivity contribution is 6.30. The average molecular weight is 370 g/mol. The summed E-state index contributed by atoms with van der Waals surface area (Å²) in [6, 6.07) is 10.1. The number of nitrogens with zero attached hydrogens (tertiary/aromatic N) is 4. The predicted molar refractivity (Wildman–Crippen MR) is 101 cm³/mol. The van der Waals surface area contributed by atoms with E-state index in [1.54, 1.807) is 6.33 Å². The van der Waals surface area contributed by atoms with E-state index in [4.69, 9.17) is 16.3 Å². The Morgan fingerprint density at radius 2 is 1.96 bits per heavy atom. The van der Waals surface area contributed by atoms with Gasteiger partial charge in [0.15, 0.2) is 0 Å². The van der Waals surface area contributed by atoms with Gasteiger partial charge >= 0.3 is 0 Å².